The van der Waals surface area contributed by atoms with E-state index >= 15 is 0 Å². The van der Waals surface area contributed by atoms with Crippen LogP contribution in [-0.4, -0.2) is 13.2 Å². The molecule has 0 spiro atoms. The van der Waals surface area contributed by atoms with E-state index in [4.69, 9.17) is 9.47 Å². The van der Waals surface area contributed by atoms with Gasteiger partial charge in [0.2, 0.25) is 11.6 Å². The van der Waals surface area contributed by atoms with E-state index in [0.29, 0.717) is 37.9 Å². The molecule has 0 amide bonds. The Labute approximate surface area is 226 Å². The van der Waals surface area contributed by atoms with Gasteiger partial charge in [0.1, 0.15) is 5.82 Å². The molecule has 3 aromatic carbocycles. The van der Waals surface area contributed by atoms with Crippen LogP contribution in [0.2, 0.25) is 0 Å². The summed E-state index contributed by atoms with van der Waals surface area (Å²) in [6, 6.07) is 10.7. The van der Waals surface area contributed by atoms with Crippen molar-refractivity contribution in [3.05, 3.63) is 93.8 Å². The van der Waals surface area contributed by atoms with Gasteiger partial charge in [0.05, 0.1) is 13.2 Å². The predicted molar refractivity (Wildman–Crippen MR) is 144 cm³/mol. The SMILES string of the molecule is CCCCOc1ccc(/C=C/c2ccc(C3CCC(c4ccc(OCC)c(F)c4F)CC3)cc2F)c(F)c1F. The second-order valence-electron chi connectivity index (χ2n) is 9.86. The highest BCUT2D eigenvalue weighted by molar-refractivity contribution is 5.70. The normalized spacial score (nSPS) is 17.5. The van der Waals surface area contributed by atoms with Crippen LogP contribution >= 0.6 is 0 Å². The fourth-order valence-electron chi connectivity index (χ4n) is 5.09. The van der Waals surface area contributed by atoms with Crippen LogP contribution in [0.4, 0.5) is 22.0 Å². The van der Waals surface area contributed by atoms with Crippen molar-refractivity contribution in [1.82, 2.24) is 0 Å². The van der Waals surface area contributed by atoms with Gasteiger partial charge in [-0.25, -0.2) is 13.2 Å². The molecular weight excluding hydrogens is 511 g/mol. The van der Waals surface area contributed by atoms with Gasteiger partial charge < -0.3 is 9.47 Å². The van der Waals surface area contributed by atoms with Gasteiger partial charge in [-0.3, -0.25) is 0 Å². The minimum atomic E-state index is -1.06. The minimum Gasteiger partial charge on any atom is -0.491 e. The average Bonchev–Trinajstić information content (AvgIpc) is 2.94. The van der Waals surface area contributed by atoms with Crippen molar-refractivity contribution in [1.29, 1.82) is 0 Å². The zero-order valence-corrected chi connectivity index (χ0v) is 22.2. The molecule has 0 heterocycles. The molecule has 0 bridgehead atoms. The van der Waals surface area contributed by atoms with Crippen LogP contribution in [0.1, 0.15) is 86.5 Å². The number of unbranched alkanes of at least 4 members (excludes halogenated alkanes) is 1. The fraction of sp³-hybridized carbons (Fsp3) is 0.375. The monoisotopic (exact) mass is 544 g/mol. The van der Waals surface area contributed by atoms with Gasteiger partial charge in [-0.1, -0.05) is 43.7 Å². The molecule has 7 heteroatoms. The summed E-state index contributed by atoms with van der Waals surface area (Å²) in [6.45, 7) is 4.24. The average molecular weight is 545 g/mol. The molecule has 0 unspecified atom stereocenters. The van der Waals surface area contributed by atoms with Crippen molar-refractivity contribution in [2.45, 2.75) is 64.2 Å². The molecule has 39 heavy (non-hydrogen) atoms. The third-order valence-electron chi connectivity index (χ3n) is 7.31. The van der Waals surface area contributed by atoms with Crippen molar-refractivity contribution in [2.75, 3.05) is 13.2 Å². The number of hydrogen-bond donors (Lipinski definition) is 0. The van der Waals surface area contributed by atoms with Crippen LogP contribution in [0.3, 0.4) is 0 Å². The Morgan fingerprint density at radius 1 is 0.692 bits per heavy atom. The van der Waals surface area contributed by atoms with Crippen molar-refractivity contribution in [3.8, 4) is 11.5 Å². The first-order chi connectivity index (χ1) is 18.8. The largest absolute Gasteiger partial charge is 0.491 e. The molecule has 0 radical (unpaired) electrons. The molecule has 2 nitrogen and oxygen atoms in total. The Hall–Kier alpha value is -3.35. The van der Waals surface area contributed by atoms with Gasteiger partial charge in [-0.15, -0.1) is 0 Å². The maximum Gasteiger partial charge on any atom is 0.201 e. The number of halogens is 5. The van der Waals surface area contributed by atoms with E-state index in [9.17, 15) is 22.0 Å². The molecule has 208 valence electrons. The summed E-state index contributed by atoms with van der Waals surface area (Å²) >= 11 is 0. The maximum absolute atomic E-state index is 14.9. The second-order valence-corrected chi connectivity index (χ2v) is 9.86. The number of hydrogen-bond acceptors (Lipinski definition) is 2. The molecule has 0 atom stereocenters. The summed E-state index contributed by atoms with van der Waals surface area (Å²) in [7, 11) is 0. The van der Waals surface area contributed by atoms with Crippen molar-refractivity contribution < 1.29 is 31.4 Å². The zero-order valence-electron chi connectivity index (χ0n) is 22.2. The number of ether oxygens (including phenoxy) is 2. The Balaban J connectivity index is 1.40. The zero-order chi connectivity index (χ0) is 27.9. The lowest BCUT2D eigenvalue weighted by molar-refractivity contribution is 0.288. The molecular formula is C32H33F5O2. The van der Waals surface area contributed by atoms with E-state index in [1.54, 1.807) is 19.1 Å². The first-order valence-electron chi connectivity index (χ1n) is 13.5. The lowest BCUT2D eigenvalue weighted by Crippen LogP contribution is -2.14. The van der Waals surface area contributed by atoms with E-state index in [1.807, 2.05) is 13.0 Å². The van der Waals surface area contributed by atoms with E-state index in [2.05, 4.69) is 0 Å². The molecule has 1 aliphatic carbocycles. The molecule has 0 aromatic heterocycles. The lowest BCUT2D eigenvalue weighted by Gasteiger charge is -2.29. The highest BCUT2D eigenvalue weighted by Crippen LogP contribution is 2.42. The standard InChI is InChI=1S/C32H33F5O2/c1-3-5-18-39-28-16-14-23(29(34)31(28)36)12-10-22-11-13-24(19-26(22)33)20-6-8-21(9-7-20)25-15-17-27(38-4-2)32(37)30(25)35/h10-17,19-21H,3-9,18H2,1-2H3/b12-10+. The van der Waals surface area contributed by atoms with Crippen molar-refractivity contribution >= 4 is 12.2 Å². The second kappa shape index (κ2) is 13.1. The van der Waals surface area contributed by atoms with Gasteiger partial charge in [0, 0.05) is 11.1 Å². The Morgan fingerprint density at radius 2 is 1.31 bits per heavy atom. The van der Waals surface area contributed by atoms with Crippen molar-refractivity contribution in [2.24, 2.45) is 0 Å². The van der Waals surface area contributed by atoms with Crippen LogP contribution < -0.4 is 9.47 Å². The highest BCUT2D eigenvalue weighted by atomic mass is 19.2. The van der Waals surface area contributed by atoms with Crippen LogP contribution in [0, 0.1) is 29.1 Å². The van der Waals surface area contributed by atoms with Crippen LogP contribution in [-0.2, 0) is 0 Å². The maximum atomic E-state index is 14.9. The molecule has 4 rings (SSSR count). The van der Waals surface area contributed by atoms with E-state index in [0.717, 1.165) is 18.4 Å². The first-order valence-corrected chi connectivity index (χ1v) is 13.5. The van der Waals surface area contributed by atoms with E-state index < -0.39 is 29.1 Å². The van der Waals surface area contributed by atoms with Gasteiger partial charge in [0.25, 0.3) is 0 Å². The van der Waals surface area contributed by atoms with Crippen LogP contribution in [0.25, 0.3) is 12.2 Å². The Kier molecular flexibility index (Phi) is 9.65. The molecule has 1 fully saturated rings. The molecule has 3 aromatic rings. The number of benzene rings is 3. The number of rotatable bonds is 10. The van der Waals surface area contributed by atoms with Gasteiger partial charge >= 0.3 is 0 Å². The van der Waals surface area contributed by atoms with Gasteiger partial charge in [-0.2, -0.15) is 8.78 Å². The summed E-state index contributed by atoms with van der Waals surface area (Å²) in [5, 5.41) is 0. The van der Waals surface area contributed by atoms with Crippen molar-refractivity contribution in [3.63, 3.8) is 0 Å². The topological polar surface area (TPSA) is 18.5 Å². The summed E-state index contributed by atoms with van der Waals surface area (Å²) in [4.78, 5) is 0. The fourth-order valence-corrected chi connectivity index (χ4v) is 5.09. The third kappa shape index (κ3) is 6.63. The minimum absolute atomic E-state index is 0.00454. The van der Waals surface area contributed by atoms with E-state index in [1.165, 1.54) is 36.4 Å². The molecule has 0 aliphatic heterocycles. The quantitative estimate of drug-likeness (QED) is 0.144. The summed E-state index contributed by atoms with van der Waals surface area (Å²) in [6.07, 6.45) is 7.09. The molecule has 1 aliphatic rings. The lowest BCUT2D eigenvalue weighted by atomic mass is 9.76. The van der Waals surface area contributed by atoms with Gasteiger partial charge in [-0.05, 0) is 86.3 Å². The summed E-state index contributed by atoms with van der Waals surface area (Å²) in [5.74, 6) is -4.63. The summed E-state index contributed by atoms with van der Waals surface area (Å²) < 4.78 is 83.1. The molecule has 0 saturated heterocycles. The van der Waals surface area contributed by atoms with Gasteiger partial charge in [0.15, 0.2) is 23.1 Å². The van der Waals surface area contributed by atoms with Crippen LogP contribution in [0.5, 0.6) is 11.5 Å². The highest BCUT2D eigenvalue weighted by Gasteiger charge is 2.27. The Morgan fingerprint density at radius 3 is 2.00 bits per heavy atom. The molecule has 1 saturated carbocycles. The third-order valence-corrected chi connectivity index (χ3v) is 7.31. The predicted octanol–water partition coefficient (Wildman–Crippen LogP) is 9.57. The van der Waals surface area contributed by atoms with Crippen LogP contribution in [0.15, 0.2) is 42.5 Å². The Bertz CT molecular complexity index is 1310. The van der Waals surface area contributed by atoms with E-state index in [-0.39, 0.29) is 41.1 Å². The smallest absolute Gasteiger partial charge is 0.201 e. The molecule has 0 N–H and O–H groups in total. The first kappa shape index (κ1) is 28.7. The summed E-state index contributed by atoms with van der Waals surface area (Å²) in [5.41, 5.74) is 1.43.